The number of hydrogen-bond donors (Lipinski definition) is 1. The van der Waals surface area contributed by atoms with Crippen LogP contribution in [0.25, 0.3) is 0 Å². The van der Waals surface area contributed by atoms with Gasteiger partial charge in [0.15, 0.2) is 17.1 Å². The number of ether oxygens (including phenoxy) is 3. The smallest absolute Gasteiger partial charge is 0.234 e. The van der Waals surface area contributed by atoms with E-state index in [1.165, 1.54) is 11.8 Å². The first-order chi connectivity index (χ1) is 15.0. The van der Waals surface area contributed by atoms with Crippen LogP contribution < -0.4 is 19.5 Å². The van der Waals surface area contributed by atoms with Crippen LogP contribution in [-0.2, 0) is 11.8 Å². The Kier molecular flexibility index (Phi) is 7.77. The summed E-state index contributed by atoms with van der Waals surface area (Å²) >= 11 is 1.32. The fourth-order valence-electron chi connectivity index (χ4n) is 2.85. The second-order valence-electron chi connectivity index (χ2n) is 6.63. The van der Waals surface area contributed by atoms with Crippen molar-refractivity contribution >= 4 is 23.4 Å². The van der Waals surface area contributed by atoms with Crippen molar-refractivity contribution in [2.75, 3.05) is 24.8 Å². The molecule has 1 atom stereocenters. The maximum absolute atomic E-state index is 12.3. The van der Waals surface area contributed by atoms with E-state index in [2.05, 4.69) is 15.5 Å². The van der Waals surface area contributed by atoms with E-state index in [4.69, 9.17) is 14.2 Å². The first-order valence-electron chi connectivity index (χ1n) is 9.85. The minimum absolute atomic E-state index is 0.124. The molecule has 31 heavy (non-hydrogen) atoms. The highest BCUT2D eigenvalue weighted by Gasteiger charge is 2.18. The number of hydrogen-bond acceptors (Lipinski definition) is 7. The molecule has 2 aromatic carbocycles. The van der Waals surface area contributed by atoms with Crippen LogP contribution in [0.3, 0.4) is 0 Å². The number of amides is 1. The largest absolute Gasteiger partial charge is 0.497 e. The lowest BCUT2D eigenvalue weighted by Gasteiger charge is -2.14. The van der Waals surface area contributed by atoms with Gasteiger partial charge < -0.3 is 24.1 Å². The molecule has 0 fully saturated rings. The Hall–Kier alpha value is -3.20. The van der Waals surface area contributed by atoms with Crippen LogP contribution in [0.4, 0.5) is 5.69 Å². The third kappa shape index (κ3) is 6.14. The first kappa shape index (κ1) is 22.5. The van der Waals surface area contributed by atoms with Crippen LogP contribution in [0.15, 0.2) is 53.7 Å². The average Bonchev–Trinajstić information content (AvgIpc) is 3.15. The van der Waals surface area contributed by atoms with Gasteiger partial charge >= 0.3 is 0 Å². The lowest BCUT2D eigenvalue weighted by Crippen LogP contribution is -2.14. The van der Waals surface area contributed by atoms with E-state index < -0.39 is 0 Å². The van der Waals surface area contributed by atoms with Gasteiger partial charge in [-0.15, -0.1) is 10.2 Å². The number of aromatic nitrogens is 3. The van der Waals surface area contributed by atoms with Gasteiger partial charge in [-0.1, -0.05) is 11.8 Å². The summed E-state index contributed by atoms with van der Waals surface area (Å²) in [5, 5.41) is 11.9. The van der Waals surface area contributed by atoms with E-state index in [1.54, 1.807) is 7.11 Å². The van der Waals surface area contributed by atoms with E-state index in [9.17, 15) is 4.79 Å². The highest BCUT2D eigenvalue weighted by Crippen LogP contribution is 2.25. The van der Waals surface area contributed by atoms with Gasteiger partial charge in [-0.25, -0.2) is 0 Å². The van der Waals surface area contributed by atoms with Crippen molar-refractivity contribution in [3.05, 3.63) is 54.4 Å². The molecule has 3 rings (SSSR count). The third-order valence-corrected chi connectivity index (χ3v) is 5.41. The molecule has 3 aromatic rings. The molecule has 9 heteroatoms. The van der Waals surface area contributed by atoms with E-state index in [-0.39, 0.29) is 17.8 Å². The maximum atomic E-state index is 12.3. The number of anilines is 1. The Morgan fingerprint density at radius 2 is 1.71 bits per heavy atom. The highest BCUT2D eigenvalue weighted by molar-refractivity contribution is 7.99. The molecule has 0 saturated carbocycles. The quantitative estimate of drug-likeness (QED) is 0.473. The summed E-state index contributed by atoms with van der Waals surface area (Å²) in [5.74, 6) is 3.01. The summed E-state index contributed by atoms with van der Waals surface area (Å²) in [6, 6.07) is 14.6. The zero-order valence-electron chi connectivity index (χ0n) is 18.0. The van der Waals surface area contributed by atoms with E-state index in [1.807, 2.05) is 74.0 Å². The van der Waals surface area contributed by atoms with E-state index >= 15 is 0 Å². The van der Waals surface area contributed by atoms with Crippen LogP contribution in [0.1, 0.15) is 25.8 Å². The SMILES string of the molecule is CCOc1ccc(NC(=O)CSc2nnc(C(C)Oc3ccc(OC)cc3)n2C)cc1. The van der Waals surface area contributed by atoms with Gasteiger partial charge in [0.1, 0.15) is 17.2 Å². The molecule has 0 radical (unpaired) electrons. The van der Waals surface area contributed by atoms with Crippen molar-refractivity contribution in [2.45, 2.75) is 25.1 Å². The van der Waals surface area contributed by atoms with Gasteiger partial charge in [-0.3, -0.25) is 4.79 Å². The summed E-state index contributed by atoms with van der Waals surface area (Å²) in [4.78, 5) is 12.3. The molecule has 0 aliphatic carbocycles. The summed E-state index contributed by atoms with van der Waals surface area (Å²) in [7, 11) is 3.48. The van der Waals surface area contributed by atoms with E-state index in [0.717, 1.165) is 11.5 Å². The minimum Gasteiger partial charge on any atom is -0.497 e. The Bertz CT molecular complexity index is 990. The number of nitrogens with zero attached hydrogens (tertiary/aromatic N) is 3. The molecule has 0 spiro atoms. The van der Waals surface area contributed by atoms with Crippen LogP contribution >= 0.6 is 11.8 Å². The molecule has 1 aromatic heterocycles. The average molecular weight is 443 g/mol. The fraction of sp³-hybridized carbons (Fsp3) is 0.318. The normalized spacial score (nSPS) is 11.6. The maximum Gasteiger partial charge on any atom is 0.234 e. The molecule has 0 bridgehead atoms. The van der Waals surface area contributed by atoms with Gasteiger partial charge in [0.05, 0.1) is 19.5 Å². The molecule has 1 amide bonds. The number of carbonyl (C=O) groups excluding carboxylic acids is 1. The third-order valence-electron chi connectivity index (χ3n) is 4.39. The van der Waals surface area contributed by atoms with Crippen molar-refractivity contribution in [3.8, 4) is 17.2 Å². The Labute approximate surface area is 185 Å². The van der Waals surface area contributed by atoms with Crippen LogP contribution in [-0.4, -0.2) is 40.1 Å². The van der Waals surface area contributed by atoms with Gasteiger partial charge in [0.25, 0.3) is 0 Å². The van der Waals surface area contributed by atoms with Crippen molar-refractivity contribution in [1.29, 1.82) is 0 Å². The van der Waals surface area contributed by atoms with Gasteiger partial charge in [-0.05, 0) is 62.4 Å². The van der Waals surface area contributed by atoms with Crippen molar-refractivity contribution in [1.82, 2.24) is 14.8 Å². The van der Waals surface area contributed by atoms with Crippen molar-refractivity contribution in [2.24, 2.45) is 7.05 Å². The fourth-order valence-corrected chi connectivity index (χ4v) is 3.56. The number of benzene rings is 2. The lowest BCUT2D eigenvalue weighted by molar-refractivity contribution is -0.113. The second kappa shape index (κ2) is 10.7. The Balaban J connectivity index is 1.53. The van der Waals surface area contributed by atoms with Gasteiger partial charge in [0.2, 0.25) is 5.91 Å². The molecule has 0 aliphatic rings. The van der Waals surface area contributed by atoms with E-state index in [0.29, 0.717) is 29.0 Å². The number of thioether (sulfide) groups is 1. The van der Waals surface area contributed by atoms with Crippen molar-refractivity contribution in [3.63, 3.8) is 0 Å². The summed E-state index contributed by atoms with van der Waals surface area (Å²) in [5.41, 5.74) is 0.717. The monoisotopic (exact) mass is 442 g/mol. The van der Waals surface area contributed by atoms with Gasteiger partial charge in [-0.2, -0.15) is 0 Å². The van der Waals surface area contributed by atoms with Crippen molar-refractivity contribution < 1.29 is 19.0 Å². The number of methoxy groups -OCH3 is 1. The molecular weight excluding hydrogens is 416 g/mol. The number of rotatable bonds is 10. The van der Waals surface area contributed by atoms with Crippen LogP contribution in [0.2, 0.25) is 0 Å². The number of carbonyl (C=O) groups is 1. The van der Waals surface area contributed by atoms with Gasteiger partial charge in [0, 0.05) is 12.7 Å². The lowest BCUT2D eigenvalue weighted by atomic mass is 10.3. The topological polar surface area (TPSA) is 87.5 Å². The first-order valence-corrected chi connectivity index (χ1v) is 10.8. The Morgan fingerprint density at radius 1 is 1.06 bits per heavy atom. The zero-order chi connectivity index (χ0) is 22.2. The molecule has 1 heterocycles. The molecular formula is C22H26N4O4S. The summed E-state index contributed by atoms with van der Waals surface area (Å²) in [6.07, 6.45) is -0.307. The standard InChI is InChI=1S/C22H26N4O4S/c1-5-29-18-8-6-16(7-9-18)23-20(27)14-31-22-25-24-21(26(22)3)15(2)30-19-12-10-17(28-4)11-13-19/h6-13,15H,5,14H2,1-4H3,(H,23,27). The molecule has 164 valence electrons. The second-order valence-corrected chi connectivity index (χ2v) is 7.57. The molecule has 0 aliphatic heterocycles. The summed E-state index contributed by atoms with van der Waals surface area (Å²) in [6.45, 7) is 4.43. The molecule has 8 nitrogen and oxygen atoms in total. The molecule has 0 saturated heterocycles. The van der Waals surface area contributed by atoms with Crippen LogP contribution in [0, 0.1) is 0 Å². The van der Waals surface area contributed by atoms with Crippen LogP contribution in [0.5, 0.6) is 17.2 Å². The molecule has 1 unspecified atom stereocenters. The predicted molar refractivity (Wildman–Crippen MR) is 120 cm³/mol. The minimum atomic E-state index is -0.307. The Morgan fingerprint density at radius 3 is 2.35 bits per heavy atom. The predicted octanol–water partition coefficient (Wildman–Crippen LogP) is 4.09. The highest BCUT2D eigenvalue weighted by atomic mass is 32.2. The number of nitrogens with one attached hydrogen (secondary N) is 1. The molecule has 1 N–H and O–H groups in total. The summed E-state index contributed by atoms with van der Waals surface area (Å²) < 4.78 is 18.3. The zero-order valence-corrected chi connectivity index (χ0v) is 18.8.